The predicted molar refractivity (Wildman–Crippen MR) is 117 cm³/mol. The van der Waals surface area contributed by atoms with Gasteiger partial charge in [0.05, 0.1) is 25.6 Å². The number of aromatic nitrogens is 2. The third-order valence-corrected chi connectivity index (χ3v) is 6.32. The van der Waals surface area contributed by atoms with E-state index in [1.807, 2.05) is 47.2 Å². The summed E-state index contributed by atoms with van der Waals surface area (Å²) in [5.41, 5.74) is 7.75. The Morgan fingerprint density at radius 1 is 1.17 bits per heavy atom. The Morgan fingerprint density at radius 2 is 1.97 bits per heavy atom. The van der Waals surface area contributed by atoms with Crippen LogP contribution in [0.2, 0.25) is 5.02 Å². The monoisotopic (exact) mass is 429 g/mol. The Labute approximate surface area is 180 Å². The molecular formula is C22H24ClN3O2S. The zero-order chi connectivity index (χ0) is 20.1. The maximum atomic E-state index is 6.47. The number of rotatable bonds is 8. The number of hydrogen-bond donors (Lipinski definition) is 1. The lowest BCUT2D eigenvalue weighted by Gasteiger charge is -2.28. The van der Waals surface area contributed by atoms with Crippen LogP contribution in [-0.2, 0) is 22.4 Å². The summed E-state index contributed by atoms with van der Waals surface area (Å²) in [5, 5.41) is 0.745. The molecule has 2 N–H and O–H groups in total. The first-order valence-corrected chi connectivity index (χ1v) is 11.0. The van der Waals surface area contributed by atoms with Gasteiger partial charge in [-0.2, -0.15) is 0 Å². The lowest BCUT2D eigenvalue weighted by Crippen LogP contribution is -2.37. The number of imidazole rings is 1. The fraction of sp³-hybridized carbons (Fsp3) is 0.318. The van der Waals surface area contributed by atoms with Crippen LogP contribution in [0.5, 0.6) is 0 Å². The number of anilines is 1. The molecule has 3 aromatic rings. The Morgan fingerprint density at radius 3 is 2.69 bits per heavy atom. The largest absolute Gasteiger partial charge is 0.399 e. The van der Waals surface area contributed by atoms with E-state index in [9.17, 15) is 0 Å². The number of aryl methyl sites for hydroxylation is 1. The van der Waals surface area contributed by atoms with Gasteiger partial charge in [-0.05, 0) is 48.4 Å². The van der Waals surface area contributed by atoms with Gasteiger partial charge in [-0.3, -0.25) is 0 Å². The number of nitrogens with zero attached hydrogens (tertiary/aromatic N) is 2. The van der Waals surface area contributed by atoms with E-state index in [0.717, 1.165) is 29.3 Å². The first-order chi connectivity index (χ1) is 14.1. The maximum Gasteiger partial charge on any atom is 0.187 e. The summed E-state index contributed by atoms with van der Waals surface area (Å²) in [6, 6.07) is 15.9. The molecule has 0 amide bonds. The predicted octanol–water partition coefficient (Wildman–Crippen LogP) is 4.66. The summed E-state index contributed by atoms with van der Waals surface area (Å²) in [6.45, 7) is 1.20. The molecule has 29 heavy (non-hydrogen) atoms. The first-order valence-electron chi connectivity index (χ1n) is 9.61. The van der Waals surface area contributed by atoms with E-state index in [-0.39, 0.29) is 6.10 Å². The van der Waals surface area contributed by atoms with Crippen molar-refractivity contribution in [3.05, 3.63) is 77.8 Å². The molecule has 152 valence electrons. The molecule has 1 fully saturated rings. The molecule has 1 aliphatic rings. The normalized spacial score (nSPS) is 21.5. The number of hydrogen-bond acceptors (Lipinski definition) is 5. The molecule has 1 unspecified atom stereocenters. The third-order valence-electron chi connectivity index (χ3n) is 4.92. The van der Waals surface area contributed by atoms with E-state index >= 15 is 0 Å². The van der Waals surface area contributed by atoms with Crippen molar-refractivity contribution in [2.45, 2.75) is 36.2 Å². The fourth-order valence-electron chi connectivity index (χ4n) is 3.39. The number of ether oxygens (including phenoxy) is 2. The minimum absolute atomic E-state index is 0.0336. The number of halogens is 1. The second kappa shape index (κ2) is 9.22. The molecule has 4 rings (SSSR count). The highest BCUT2D eigenvalue weighted by Gasteiger charge is 2.41. The van der Waals surface area contributed by atoms with E-state index in [1.165, 1.54) is 10.5 Å². The minimum Gasteiger partial charge on any atom is -0.399 e. The topological polar surface area (TPSA) is 62.3 Å². The van der Waals surface area contributed by atoms with E-state index < -0.39 is 5.79 Å². The van der Waals surface area contributed by atoms with Crippen LogP contribution in [0.4, 0.5) is 5.69 Å². The number of nitrogens with two attached hydrogens (primary N) is 1. The molecule has 0 saturated carbocycles. The second-order valence-electron chi connectivity index (χ2n) is 7.20. The second-order valence-corrected chi connectivity index (χ2v) is 8.73. The van der Waals surface area contributed by atoms with Crippen molar-refractivity contribution >= 4 is 29.1 Å². The van der Waals surface area contributed by atoms with Crippen LogP contribution in [-0.4, -0.2) is 33.8 Å². The Balaban J connectivity index is 1.40. The molecular weight excluding hydrogens is 406 g/mol. The van der Waals surface area contributed by atoms with Crippen LogP contribution in [0.25, 0.3) is 0 Å². The van der Waals surface area contributed by atoms with Crippen molar-refractivity contribution in [1.82, 2.24) is 9.55 Å². The van der Waals surface area contributed by atoms with Gasteiger partial charge in [0.15, 0.2) is 5.79 Å². The molecule has 0 aliphatic carbocycles. The van der Waals surface area contributed by atoms with E-state index in [4.69, 9.17) is 26.8 Å². The van der Waals surface area contributed by atoms with Crippen LogP contribution >= 0.6 is 23.4 Å². The quantitative estimate of drug-likeness (QED) is 0.417. The molecule has 0 radical (unpaired) electrons. The molecule has 0 spiro atoms. The average molecular weight is 430 g/mol. The van der Waals surface area contributed by atoms with Gasteiger partial charge in [0.1, 0.15) is 0 Å². The van der Waals surface area contributed by atoms with Crippen LogP contribution in [0.3, 0.4) is 0 Å². The fourth-order valence-corrected chi connectivity index (χ4v) is 4.39. The van der Waals surface area contributed by atoms with Crippen molar-refractivity contribution < 1.29 is 9.47 Å². The minimum atomic E-state index is -0.660. The van der Waals surface area contributed by atoms with Gasteiger partial charge < -0.3 is 19.8 Å². The Kier molecular flexibility index (Phi) is 6.45. The zero-order valence-electron chi connectivity index (χ0n) is 16.0. The molecule has 1 aromatic heterocycles. The summed E-state index contributed by atoms with van der Waals surface area (Å²) in [7, 11) is 0. The van der Waals surface area contributed by atoms with Gasteiger partial charge in [0.2, 0.25) is 0 Å². The van der Waals surface area contributed by atoms with Gasteiger partial charge in [0, 0.05) is 40.2 Å². The van der Waals surface area contributed by atoms with Gasteiger partial charge in [-0.15, -0.1) is 11.8 Å². The summed E-state index contributed by atoms with van der Waals surface area (Å²) < 4.78 is 14.7. The lowest BCUT2D eigenvalue weighted by molar-refractivity contribution is -0.180. The highest BCUT2D eigenvalue weighted by atomic mass is 35.5. The molecule has 1 aliphatic heterocycles. The smallest absolute Gasteiger partial charge is 0.187 e. The molecule has 2 heterocycles. The van der Waals surface area contributed by atoms with Crippen LogP contribution < -0.4 is 5.73 Å². The van der Waals surface area contributed by atoms with Gasteiger partial charge in [0.25, 0.3) is 0 Å². The number of benzene rings is 2. The molecule has 5 nitrogen and oxygen atoms in total. The van der Waals surface area contributed by atoms with Gasteiger partial charge in [-0.25, -0.2) is 4.98 Å². The van der Waals surface area contributed by atoms with Crippen molar-refractivity contribution in [1.29, 1.82) is 0 Å². The third kappa shape index (κ3) is 5.54. The average Bonchev–Trinajstić information content (AvgIpc) is 3.38. The van der Waals surface area contributed by atoms with Crippen molar-refractivity contribution in [3.8, 4) is 0 Å². The summed E-state index contributed by atoms with van der Waals surface area (Å²) in [5.74, 6) is 0.170. The van der Waals surface area contributed by atoms with Gasteiger partial charge in [-0.1, -0.05) is 23.7 Å². The molecule has 2 atom stereocenters. The summed E-state index contributed by atoms with van der Waals surface area (Å²) >= 11 is 7.76. The van der Waals surface area contributed by atoms with Crippen LogP contribution in [0.1, 0.15) is 12.0 Å². The lowest BCUT2D eigenvalue weighted by atomic mass is 10.0. The number of thioether (sulfide) groups is 1. The first kappa shape index (κ1) is 20.3. The maximum absolute atomic E-state index is 6.47. The zero-order valence-corrected chi connectivity index (χ0v) is 17.6. The summed E-state index contributed by atoms with van der Waals surface area (Å²) in [4.78, 5) is 5.33. The Bertz CT molecular complexity index is 903. The SMILES string of the molecule is Nc1ccc(SC[C@@H]2COC(CCc3ccc(Cl)cc3)(Cn3ccnc3)O2)cc1. The van der Waals surface area contributed by atoms with Crippen molar-refractivity contribution in [3.63, 3.8) is 0 Å². The Hall–Kier alpha value is -1.99. The molecule has 1 saturated heterocycles. The highest BCUT2D eigenvalue weighted by Crippen LogP contribution is 2.33. The summed E-state index contributed by atoms with van der Waals surface area (Å²) in [6.07, 6.45) is 7.15. The molecule has 7 heteroatoms. The van der Waals surface area contributed by atoms with E-state index in [1.54, 1.807) is 24.3 Å². The van der Waals surface area contributed by atoms with Crippen molar-refractivity contribution in [2.24, 2.45) is 0 Å². The van der Waals surface area contributed by atoms with E-state index in [0.29, 0.717) is 13.2 Å². The van der Waals surface area contributed by atoms with Crippen molar-refractivity contribution in [2.75, 3.05) is 18.1 Å². The highest BCUT2D eigenvalue weighted by molar-refractivity contribution is 7.99. The van der Waals surface area contributed by atoms with Crippen LogP contribution in [0, 0.1) is 0 Å². The molecule has 0 bridgehead atoms. The van der Waals surface area contributed by atoms with E-state index in [2.05, 4.69) is 17.1 Å². The number of nitrogen functional groups attached to an aromatic ring is 1. The van der Waals surface area contributed by atoms with Crippen LogP contribution in [0.15, 0.2) is 72.1 Å². The standard InChI is InChI=1S/C22H24ClN3O2S/c23-18-3-1-17(2-4-18)9-10-22(15-26-12-11-25-16-26)27-13-20(28-22)14-29-21-7-5-19(24)6-8-21/h1-8,11-12,16,20H,9-10,13-15,24H2/t20-,22?/m0/s1. The van der Waals surface area contributed by atoms with Gasteiger partial charge >= 0.3 is 0 Å². The molecule has 2 aromatic carbocycles.